The summed E-state index contributed by atoms with van der Waals surface area (Å²) in [4.78, 5) is 10.8. The Hall–Kier alpha value is -1.31. The van der Waals surface area contributed by atoms with Gasteiger partial charge in [0.15, 0.2) is 0 Å². The van der Waals surface area contributed by atoms with Gasteiger partial charge in [0.05, 0.1) is 0 Å². The van der Waals surface area contributed by atoms with Crippen molar-refractivity contribution in [1.82, 2.24) is 0 Å². The Morgan fingerprint density at radius 1 is 1.50 bits per heavy atom. The molecule has 0 saturated heterocycles. The second-order valence-corrected chi connectivity index (χ2v) is 3.16. The fourth-order valence-corrected chi connectivity index (χ4v) is 1.38. The van der Waals surface area contributed by atoms with Gasteiger partial charge in [0, 0.05) is 11.3 Å². The van der Waals surface area contributed by atoms with E-state index < -0.39 is 0 Å². The lowest BCUT2D eigenvalue weighted by atomic mass is 10.0. The van der Waals surface area contributed by atoms with Crippen molar-refractivity contribution >= 4 is 12.2 Å². The van der Waals surface area contributed by atoms with E-state index in [2.05, 4.69) is 13.0 Å². The Labute approximate surface area is 69.8 Å². The molecule has 0 saturated carbocycles. The molecule has 0 fully saturated rings. The van der Waals surface area contributed by atoms with Crippen molar-refractivity contribution in [3.05, 3.63) is 33.2 Å². The minimum Gasteiger partial charge on any atom is -0.423 e. The Morgan fingerprint density at radius 3 is 3.17 bits per heavy atom. The molecule has 2 nitrogen and oxygen atoms in total. The zero-order chi connectivity index (χ0) is 8.55. The number of hydrogen-bond donors (Lipinski definition) is 0. The van der Waals surface area contributed by atoms with Crippen LogP contribution in [0.2, 0.25) is 0 Å². The second kappa shape index (κ2) is 2.63. The average molecular weight is 162 g/mol. The summed E-state index contributed by atoms with van der Waals surface area (Å²) < 4.78 is 5.03. The molecule has 2 heteroatoms. The molecule has 0 bridgehead atoms. The van der Waals surface area contributed by atoms with E-state index in [1.54, 1.807) is 0 Å². The first-order valence-electron chi connectivity index (χ1n) is 4.08. The van der Waals surface area contributed by atoms with E-state index in [4.69, 9.17) is 4.42 Å². The van der Waals surface area contributed by atoms with E-state index >= 15 is 0 Å². The van der Waals surface area contributed by atoms with Crippen molar-refractivity contribution in [1.29, 1.82) is 0 Å². The van der Waals surface area contributed by atoms with Gasteiger partial charge in [0.1, 0.15) is 5.42 Å². The van der Waals surface area contributed by atoms with Crippen LogP contribution in [-0.2, 0) is 0 Å². The molecule has 0 amide bonds. The van der Waals surface area contributed by atoms with Gasteiger partial charge >= 0.3 is 5.63 Å². The summed E-state index contributed by atoms with van der Waals surface area (Å²) in [5.41, 5.74) is 0.453. The van der Waals surface area contributed by atoms with Crippen LogP contribution in [-0.4, -0.2) is 0 Å². The third-order valence-electron chi connectivity index (χ3n) is 2.04. The molecule has 62 valence electrons. The predicted octanol–water partition coefficient (Wildman–Crippen LogP) is 0.241. The lowest BCUT2D eigenvalue weighted by molar-refractivity contribution is 0.467. The molecule has 0 aliphatic heterocycles. The van der Waals surface area contributed by atoms with Gasteiger partial charge in [-0.2, -0.15) is 0 Å². The number of fused-ring (bicyclic) bond motifs is 1. The highest BCUT2D eigenvalue weighted by molar-refractivity contribution is 5.36. The van der Waals surface area contributed by atoms with E-state index in [1.165, 1.54) is 6.07 Å². The molecular formula is C10H10O2. The van der Waals surface area contributed by atoms with Gasteiger partial charge in [0.2, 0.25) is 0 Å². The molecule has 1 aromatic heterocycles. The van der Waals surface area contributed by atoms with Gasteiger partial charge in [-0.15, -0.1) is 0 Å². The van der Waals surface area contributed by atoms with Gasteiger partial charge in [-0.3, -0.25) is 0 Å². The SMILES string of the molecule is CC1C=c2oc(=O)ccc2=CC1. The predicted molar refractivity (Wildman–Crippen MR) is 46.9 cm³/mol. The van der Waals surface area contributed by atoms with Crippen LogP contribution in [0.3, 0.4) is 0 Å². The highest BCUT2D eigenvalue weighted by Crippen LogP contribution is 2.04. The first-order chi connectivity index (χ1) is 5.75. The molecule has 0 aromatic carbocycles. The first kappa shape index (κ1) is 7.35. The molecule has 0 radical (unpaired) electrons. The largest absolute Gasteiger partial charge is 0.423 e. The van der Waals surface area contributed by atoms with Crippen molar-refractivity contribution in [3.63, 3.8) is 0 Å². The van der Waals surface area contributed by atoms with Crippen molar-refractivity contribution in [2.24, 2.45) is 5.92 Å². The van der Waals surface area contributed by atoms with E-state index in [1.807, 2.05) is 12.1 Å². The maximum Gasteiger partial charge on any atom is 0.336 e. The van der Waals surface area contributed by atoms with Gasteiger partial charge in [-0.1, -0.05) is 13.0 Å². The minimum atomic E-state index is -0.271. The summed E-state index contributed by atoms with van der Waals surface area (Å²) in [5.74, 6) is 0.475. The number of rotatable bonds is 0. The van der Waals surface area contributed by atoms with E-state index in [0.717, 1.165) is 17.1 Å². The van der Waals surface area contributed by atoms with Crippen LogP contribution in [0.4, 0.5) is 0 Å². The van der Waals surface area contributed by atoms with E-state index in [-0.39, 0.29) is 5.63 Å². The Kier molecular flexibility index (Phi) is 1.61. The van der Waals surface area contributed by atoms with E-state index in [0.29, 0.717) is 5.92 Å². The highest BCUT2D eigenvalue weighted by atomic mass is 16.4. The zero-order valence-electron chi connectivity index (χ0n) is 6.91. The van der Waals surface area contributed by atoms with Gasteiger partial charge < -0.3 is 4.42 Å². The molecule has 1 aliphatic rings. The first-order valence-corrected chi connectivity index (χ1v) is 4.08. The smallest absolute Gasteiger partial charge is 0.336 e. The molecule has 2 rings (SSSR count). The normalized spacial score (nSPS) is 20.6. The van der Waals surface area contributed by atoms with Crippen LogP contribution >= 0.6 is 0 Å². The van der Waals surface area contributed by atoms with Gasteiger partial charge in [-0.05, 0) is 24.5 Å². The van der Waals surface area contributed by atoms with Crippen molar-refractivity contribution in [3.8, 4) is 0 Å². The number of hydrogen-bond acceptors (Lipinski definition) is 2. The third-order valence-corrected chi connectivity index (χ3v) is 2.04. The summed E-state index contributed by atoms with van der Waals surface area (Å²) in [5, 5.41) is 1.03. The summed E-state index contributed by atoms with van der Waals surface area (Å²) in [6.07, 6.45) is 5.13. The molecular weight excluding hydrogens is 152 g/mol. The molecule has 12 heavy (non-hydrogen) atoms. The standard InChI is InChI=1S/C10H10O2/c1-7-2-3-8-4-5-10(11)12-9(8)6-7/h3-7H,2H2,1H3. The van der Waals surface area contributed by atoms with Crippen LogP contribution in [0.5, 0.6) is 0 Å². The molecule has 0 N–H and O–H groups in total. The van der Waals surface area contributed by atoms with Crippen LogP contribution in [0.15, 0.2) is 21.3 Å². The van der Waals surface area contributed by atoms with Crippen molar-refractivity contribution in [2.75, 3.05) is 0 Å². The maximum atomic E-state index is 10.8. The highest BCUT2D eigenvalue weighted by Gasteiger charge is 2.02. The third kappa shape index (κ3) is 1.20. The summed E-state index contributed by atoms with van der Waals surface area (Å²) in [6.45, 7) is 2.10. The molecule has 1 atom stereocenters. The Bertz CT molecular complexity index is 453. The molecule has 1 unspecified atom stereocenters. The fourth-order valence-electron chi connectivity index (χ4n) is 1.38. The Balaban J connectivity index is 2.81. The van der Waals surface area contributed by atoms with Crippen LogP contribution in [0.1, 0.15) is 13.3 Å². The van der Waals surface area contributed by atoms with Crippen molar-refractivity contribution in [2.45, 2.75) is 13.3 Å². The lowest BCUT2D eigenvalue weighted by Gasteiger charge is -2.04. The van der Waals surface area contributed by atoms with E-state index in [9.17, 15) is 4.79 Å². The molecule has 1 aliphatic carbocycles. The van der Waals surface area contributed by atoms with Crippen LogP contribution < -0.4 is 16.3 Å². The monoisotopic (exact) mass is 162 g/mol. The van der Waals surface area contributed by atoms with Crippen LogP contribution in [0.25, 0.3) is 12.2 Å². The molecule has 0 spiro atoms. The molecule has 1 heterocycles. The molecule has 1 aromatic rings. The lowest BCUT2D eigenvalue weighted by Crippen LogP contribution is -2.31. The second-order valence-electron chi connectivity index (χ2n) is 3.16. The topological polar surface area (TPSA) is 30.2 Å². The van der Waals surface area contributed by atoms with Gasteiger partial charge in [-0.25, -0.2) is 4.79 Å². The zero-order valence-corrected chi connectivity index (χ0v) is 6.91. The quantitative estimate of drug-likeness (QED) is 0.547. The maximum absolute atomic E-state index is 10.8. The summed E-state index contributed by atoms with van der Waals surface area (Å²) >= 11 is 0. The van der Waals surface area contributed by atoms with Gasteiger partial charge in [0.25, 0.3) is 0 Å². The minimum absolute atomic E-state index is 0.271. The summed E-state index contributed by atoms with van der Waals surface area (Å²) in [7, 11) is 0. The average Bonchev–Trinajstić information content (AvgIpc) is 2.03. The fraction of sp³-hybridized carbons (Fsp3) is 0.300. The Morgan fingerprint density at radius 2 is 2.33 bits per heavy atom. The summed E-state index contributed by atoms with van der Waals surface area (Å²) in [6, 6.07) is 3.27. The van der Waals surface area contributed by atoms with Crippen molar-refractivity contribution < 1.29 is 4.42 Å². The van der Waals surface area contributed by atoms with Crippen LogP contribution in [0, 0.1) is 5.92 Å².